The van der Waals surface area contributed by atoms with Crippen molar-refractivity contribution in [3.05, 3.63) is 29.8 Å². The molecule has 1 aromatic carbocycles. The molecule has 1 aliphatic rings. The third kappa shape index (κ3) is 4.46. The van der Waals surface area contributed by atoms with Gasteiger partial charge < -0.3 is 21.5 Å². The topological polar surface area (TPSA) is 104 Å². The Bertz CT molecular complexity index is 501. The summed E-state index contributed by atoms with van der Waals surface area (Å²) in [5.41, 5.74) is 6.07. The number of nitrogens with two attached hydrogens (primary N) is 1. The Morgan fingerprint density at radius 1 is 1.19 bits per heavy atom. The standard InChI is InChI=1S/C15H21N3O3/c16-15(21)18-12-7-5-10(6-8-12)14(20)17-9-11-3-1-2-4-13(11)19/h5-8,11,13,19H,1-4,9H2,(H,17,20)(H3,16,18,21). The van der Waals surface area contributed by atoms with Crippen molar-refractivity contribution < 1.29 is 14.7 Å². The molecule has 3 amide bonds. The highest BCUT2D eigenvalue weighted by molar-refractivity contribution is 5.95. The van der Waals surface area contributed by atoms with E-state index in [-0.39, 0.29) is 17.9 Å². The van der Waals surface area contributed by atoms with Crippen molar-refractivity contribution in [2.75, 3.05) is 11.9 Å². The molecule has 0 aliphatic heterocycles. The number of aliphatic hydroxyl groups excluding tert-OH is 1. The number of carbonyl (C=O) groups is 2. The maximum atomic E-state index is 12.0. The first kappa shape index (κ1) is 15.3. The average molecular weight is 291 g/mol. The largest absolute Gasteiger partial charge is 0.393 e. The molecular weight excluding hydrogens is 270 g/mol. The van der Waals surface area contributed by atoms with Gasteiger partial charge in [-0.1, -0.05) is 12.8 Å². The highest BCUT2D eigenvalue weighted by atomic mass is 16.3. The number of primary amides is 1. The van der Waals surface area contributed by atoms with Crippen LogP contribution in [0.1, 0.15) is 36.0 Å². The first-order valence-electron chi connectivity index (χ1n) is 7.19. The van der Waals surface area contributed by atoms with E-state index >= 15 is 0 Å². The SMILES string of the molecule is NC(=O)Nc1ccc(C(=O)NCC2CCCCC2O)cc1. The molecule has 1 aromatic rings. The van der Waals surface area contributed by atoms with Crippen LogP contribution in [0.15, 0.2) is 24.3 Å². The Morgan fingerprint density at radius 2 is 1.86 bits per heavy atom. The maximum absolute atomic E-state index is 12.0. The summed E-state index contributed by atoms with van der Waals surface area (Å²) in [4.78, 5) is 22.7. The monoisotopic (exact) mass is 291 g/mol. The maximum Gasteiger partial charge on any atom is 0.316 e. The molecule has 6 nitrogen and oxygen atoms in total. The molecule has 6 heteroatoms. The quantitative estimate of drug-likeness (QED) is 0.675. The normalized spacial score (nSPS) is 21.6. The van der Waals surface area contributed by atoms with Crippen molar-refractivity contribution in [1.82, 2.24) is 5.32 Å². The van der Waals surface area contributed by atoms with E-state index in [1.807, 2.05) is 0 Å². The average Bonchev–Trinajstić information content (AvgIpc) is 2.46. The zero-order valence-electron chi connectivity index (χ0n) is 11.8. The molecule has 1 aliphatic carbocycles. The van der Waals surface area contributed by atoms with Crippen LogP contribution in [0.3, 0.4) is 0 Å². The van der Waals surface area contributed by atoms with Crippen molar-refractivity contribution in [2.45, 2.75) is 31.8 Å². The van der Waals surface area contributed by atoms with Crippen LogP contribution in [0.25, 0.3) is 0 Å². The third-order valence-corrected chi connectivity index (χ3v) is 3.81. The third-order valence-electron chi connectivity index (χ3n) is 3.81. The summed E-state index contributed by atoms with van der Waals surface area (Å²) < 4.78 is 0. The van der Waals surface area contributed by atoms with Crippen molar-refractivity contribution in [3.63, 3.8) is 0 Å². The molecule has 0 bridgehead atoms. The number of carbonyl (C=O) groups excluding carboxylic acids is 2. The number of anilines is 1. The summed E-state index contributed by atoms with van der Waals surface area (Å²) in [5, 5.41) is 15.2. The van der Waals surface area contributed by atoms with Crippen LogP contribution < -0.4 is 16.4 Å². The minimum absolute atomic E-state index is 0.138. The van der Waals surface area contributed by atoms with E-state index < -0.39 is 6.03 Å². The number of urea groups is 1. The zero-order valence-corrected chi connectivity index (χ0v) is 11.8. The van der Waals surface area contributed by atoms with E-state index in [0.717, 1.165) is 25.7 Å². The number of rotatable bonds is 4. The van der Waals surface area contributed by atoms with Gasteiger partial charge in [-0.2, -0.15) is 0 Å². The predicted octanol–water partition coefficient (Wildman–Crippen LogP) is 1.46. The summed E-state index contributed by atoms with van der Waals surface area (Å²) in [7, 11) is 0. The molecule has 0 radical (unpaired) electrons. The second-order valence-electron chi connectivity index (χ2n) is 5.39. The lowest BCUT2D eigenvalue weighted by atomic mass is 9.86. The van der Waals surface area contributed by atoms with E-state index in [9.17, 15) is 14.7 Å². The van der Waals surface area contributed by atoms with E-state index in [2.05, 4.69) is 10.6 Å². The van der Waals surface area contributed by atoms with Gasteiger partial charge in [-0.3, -0.25) is 4.79 Å². The molecule has 0 heterocycles. The first-order chi connectivity index (χ1) is 10.1. The van der Waals surface area contributed by atoms with Crippen molar-refractivity contribution >= 4 is 17.6 Å². The van der Waals surface area contributed by atoms with Crippen LogP contribution in [-0.2, 0) is 0 Å². The van der Waals surface area contributed by atoms with Gasteiger partial charge in [-0.05, 0) is 37.1 Å². The van der Waals surface area contributed by atoms with Gasteiger partial charge in [0, 0.05) is 23.7 Å². The van der Waals surface area contributed by atoms with E-state index in [0.29, 0.717) is 17.8 Å². The van der Waals surface area contributed by atoms with Gasteiger partial charge in [0.1, 0.15) is 0 Å². The smallest absolute Gasteiger partial charge is 0.316 e. The Balaban J connectivity index is 1.86. The second kappa shape index (κ2) is 7.08. The number of amides is 3. The van der Waals surface area contributed by atoms with E-state index in [1.165, 1.54) is 0 Å². The number of benzene rings is 1. The lowest BCUT2D eigenvalue weighted by Gasteiger charge is -2.27. The van der Waals surface area contributed by atoms with Crippen molar-refractivity contribution in [2.24, 2.45) is 11.7 Å². The van der Waals surface area contributed by atoms with Gasteiger partial charge in [0.2, 0.25) is 0 Å². The zero-order chi connectivity index (χ0) is 15.2. The van der Waals surface area contributed by atoms with Crippen LogP contribution in [0.5, 0.6) is 0 Å². The van der Waals surface area contributed by atoms with Crippen molar-refractivity contribution in [1.29, 1.82) is 0 Å². The highest BCUT2D eigenvalue weighted by Gasteiger charge is 2.23. The van der Waals surface area contributed by atoms with Gasteiger partial charge >= 0.3 is 6.03 Å². The van der Waals surface area contributed by atoms with Crippen LogP contribution in [0.2, 0.25) is 0 Å². The van der Waals surface area contributed by atoms with E-state index in [1.54, 1.807) is 24.3 Å². The second-order valence-corrected chi connectivity index (χ2v) is 5.39. The van der Waals surface area contributed by atoms with Crippen LogP contribution in [0.4, 0.5) is 10.5 Å². The van der Waals surface area contributed by atoms with Gasteiger partial charge in [0.15, 0.2) is 0 Å². The van der Waals surface area contributed by atoms with Crippen LogP contribution in [-0.4, -0.2) is 29.7 Å². The molecule has 0 aromatic heterocycles. The first-order valence-corrected chi connectivity index (χ1v) is 7.19. The molecule has 114 valence electrons. The fourth-order valence-electron chi connectivity index (χ4n) is 2.60. The molecule has 2 atom stereocenters. The molecule has 2 rings (SSSR count). The lowest BCUT2D eigenvalue weighted by molar-refractivity contribution is 0.0663. The molecule has 1 fully saturated rings. The summed E-state index contributed by atoms with van der Waals surface area (Å²) in [6.07, 6.45) is 3.60. The summed E-state index contributed by atoms with van der Waals surface area (Å²) in [6, 6.07) is 5.85. The van der Waals surface area contributed by atoms with Gasteiger partial charge in [0.05, 0.1) is 6.10 Å². The molecule has 0 spiro atoms. The number of nitrogens with one attached hydrogen (secondary N) is 2. The molecule has 21 heavy (non-hydrogen) atoms. The molecule has 0 saturated heterocycles. The number of aliphatic hydroxyl groups is 1. The van der Waals surface area contributed by atoms with Gasteiger partial charge in [0.25, 0.3) is 5.91 Å². The summed E-state index contributed by atoms with van der Waals surface area (Å²) >= 11 is 0. The predicted molar refractivity (Wildman–Crippen MR) is 79.9 cm³/mol. The van der Waals surface area contributed by atoms with Gasteiger partial charge in [-0.25, -0.2) is 4.79 Å². The lowest BCUT2D eigenvalue weighted by Crippen LogP contribution is -2.36. The van der Waals surface area contributed by atoms with Crippen LogP contribution in [0, 0.1) is 5.92 Å². The van der Waals surface area contributed by atoms with Crippen molar-refractivity contribution in [3.8, 4) is 0 Å². The van der Waals surface area contributed by atoms with Crippen LogP contribution >= 0.6 is 0 Å². The molecule has 5 N–H and O–H groups in total. The fraction of sp³-hybridized carbons (Fsp3) is 0.467. The summed E-state index contributed by atoms with van der Waals surface area (Å²) in [6.45, 7) is 0.487. The fourth-order valence-corrected chi connectivity index (χ4v) is 2.60. The minimum atomic E-state index is -0.640. The molecule has 1 saturated carbocycles. The molecule has 2 unspecified atom stereocenters. The van der Waals surface area contributed by atoms with Gasteiger partial charge in [-0.15, -0.1) is 0 Å². The molecular formula is C15H21N3O3. The Kier molecular flexibility index (Phi) is 5.16. The van der Waals surface area contributed by atoms with E-state index in [4.69, 9.17) is 5.73 Å². The minimum Gasteiger partial charge on any atom is -0.393 e. The Morgan fingerprint density at radius 3 is 2.48 bits per heavy atom. The summed E-state index contributed by atoms with van der Waals surface area (Å²) in [5.74, 6) is -0.0445. The Labute approximate surface area is 123 Å². The Hall–Kier alpha value is -2.08. The number of hydrogen-bond donors (Lipinski definition) is 4. The number of hydrogen-bond acceptors (Lipinski definition) is 3. The highest BCUT2D eigenvalue weighted by Crippen LogP contribution is 2.23.